The molecule has 0 radical (unpaired) electrons. The third-order valence-electron chi connectivity index (χ3n) is 2.77. The fourth-order valence-corrected chi connectivity index (χ4v) is 2.09. The van der Waals surface area contributed by atoms with Gasteiger partial charge in [-0.1, -0.05) is 37.0 Å². The Balaban J connectivity index is 0.00000289. The number of hydrogen-bond acceptors (Lipinski definition) is 2. The highest BCUT2D eigenvalue weighted by Gasteiger charge is 2.19. The maximum Gasteiger partial charge on any atom is 0.0733 e. The fraction of sp³-hybridized carbons (Fsp3) is 0.538. The van der Waals surface area contributed by atoms with Crippen molar-refractivity contribution in [1.82, 2.24) is 0 Å². The Morgan fingerprint density at radius 3 is 2.39 bits per heavy atom. The second-order valence-electron chi connectivity index (χ2n) is 4.73. The van der Waals surface area contributed by atoms with E-state index in [1.54, 1.807) is 18.2 Å². The molecule has 18 heavy (non-hydrogen) atoms. The third-order valence-corrected chi connectivity index (χ3v) is 3.35. The van der Waals surface area contributed by atoms with Gasteiger partial charge in [-0.2, -0.15) is 0 Å². The second kappa shape index (κ2) is 8.23. The number of aliphatic hydroxyl groups excluding tert-OH is 1. The van der Waals surface area contributed by atoms with Gasteiger partial charge in [-0.15, -0.1) is 12.4 Å². The first-order valence-electron chi connectivity index (χ1n) is 5.80. The minimum Gasteiger partial charge on any atom is -0.391 e. The average molecular weight is 313 g/mol. The Hall–Kier alpha value is 0.01000. The molecule has 0 unspecified atom stereocenters. The minimum absolute atomic E-state index is 0. The largest absolute Gasteiger partial charge is 0.391 e. The summed E-state index contributed by atoms with van der Waals surface area (Å²) >= 11 is 11.9. The Morgan fingerprint density at radius 2 is 1.83 bits per heavy atom. The summed E-state index contributed by atoms with van der Waals surface area (Å²) in [5.41, 5.74) is 6.71. The van der Waals surface area contributed by atoms with Crippen LogP contribution < -0.4 is 5.73 Å². The van der Waals surface area contributed by atoms with Crippen LogP contribution in [-0.4, -0.2) is 11.2 Å². The van der Waals surface area contributed by atoms with Gasteiger partial charge in [0.1, 0.15) is 0 Å². The number of halogens is 3. The smallest absolute Gasteiger partial charge is 0.0733 e. The van der Waals surface area contributed by atoms with Gasteiger partial charge in [0.2, 0.25) is 0 Å². The molecule has 2 atom stereocenters. The third kappa shape index (κ3) is 5.33. The maximum atomic E-state index is 10.0. The molecule has 3 N–H and O–H groups in total. The van der Waals surface area contributed by atoms with E-state index in [2.05, 4.69) is 13.8 Å². The van der Waals surface area contributed by atoms with E-state index >= 15 is 0 Å². The van der Waals surface area contributed by atoms with Crippen molar-refractivity contribution in [2.45, 2.75) is 38.8 Å². The Labute approximate surface area is 125 Å². The minimum atomic E-state index is -0.589. The standard InChI is InChI=1S/C13H19Cl2NO.ClH/c1-8(2)3-6-12(17)13(16)10-7-9(14)4-5-11(10)15;/h4-5,7-8,12-13,17H,3,6,16H2,1-2H3;1H/t12-,13+;/m0./s1. The monoisotopic (exact) mass is 311 g/mol. The number of aliphatic hydroxyl groups is 1. The van der Waals surface area contributed by atoms with E-state index in [0.717, 1.165) is 6.42 Å². The Bertz CT molecular complexity index is 371. The van der Waals surface area contributed by atoms with E-state index in [4.69, 9.17) is 28.9 Å². The van der Waals surface area contributed by atoms with Crippen LogP contribution in [0.15, 0.2) is 18.2 Å². The lowest BCUT2D eigenvalue weighted by atomic mass is 9.96. The van der Waals surface area contributed by atoms with Crippen molar-refractivity contribution in [3.63, 3.8) is 0 Å². The maximum absolute atomic E-state index is 10.0. The zero-order chi connectivity index (χ0) is 13.0. The van der Waals surface area contributed by atoms with Gasteiger partial charge in [-0.3, -0.25) is 0 Å². The SMILES string of the molecule is CC(C)CC[C@H](O)[C@H](N)c1cc(Cl)ccc1Cl.Cl. The van der Waals surface area contributed by atoms with Gasteiger partial charge in [0.25, 0.3) is 0 Å². The molecule has 0 bridgehead atoms. The highest BCUT2D eigenvalue weighted by Crippen LogP contribution is 2.28. The number of hydrogen-bond donors (Lipinski definition) is 2. The summed E-state index contributed by atoms with van der Waals surface area (Å²) in [6.45, 7) is 4.23. The highest BCUT2D eigenvalue weighted by atomic mass is 35.5. The van der Waals surface area contributed by atoms with Crippen LogP contribution in [0.4, 0.5) is 0 Å². The van der Waals surface area contributed by atoms with Crippen LogP contribution in [-0.2, 0) is 0 Å². The van der Waals surface area contributed by atoms with E-state index in [1.807, 2.05) is 0 Å². The van der Waals surface area contributed by atoms with Crippen molar-refractivity contribution in [1.29, 1.82) is 0 Å². The molecule has 2 nitrogen and oxygen atoms in total. The molecule has 1 rings (SSSR count). The predicted octanol–water partition coefficient (Wildman–Crippen LogP) is 4.21. The first-order chi connectivity index (χ1) is 7.91. The van der Waals surface area contributed by atoms with Crippen LogP contribution >= 0.6 is 35.6 Å². The molecule has 104 valence electrons. The summed E-state index contributed by atoms with van der Waals surface area (Å²) in [7, 11) is 0. The van der Waals surface area contributed by atoms with Crippen LogP contribution in [0.2, 0.25) is 10.0 Å². The molecule has 0 fully saturated rings. The summed E-state index contributed by atoms with van der Waals surface area (Å²) in [5.74, 6) is 0.548. The van der Waals surface area contributed by atoms with Crippen LogP contribution in [0, 0.1) is 5.92 Å². The van der Waals surface area contributed by atoms with Gasteiger partial charge in [-0.05, 0) is 42.5 Å². The van der Waals surface area contributed by atoms with Crippen LogP contribution in [0.1, 0.15) is 38.3 Å². The summed E-state index contributed by atoms with van der Waals surface area (Å²) in [4.78, 5) is 0. The second-order valence-corrected chi connectivity index (χ2v) is 5.57. The zero-order valence-electron chi connectivity index (χ0n) is 10.6. The molecular weight excluding hydrogens is 293 g/mol. The molecule has 0 aliphatic rings. The van der Waals surface area contributed by atoms with E-state index in [-0.39, 0.29) is 12.4 Å². The lowest BCUT2D eigenvalue weighted by Gasteiger charge is -2.21. The summed E-state index contributed by atoms with van der Waals surface area (Å²) in [6, 6.07) is 4.64. The molecule has 0 aliphatic carbocycles. The number of rotatable bonds is 5. The van der Waals surface area contributed by atoms with Gasteiger partial charge in [0.05, 0.1) is 12.1 Å². The first kappa shape index (κ1) is 18.0. The molecule has 1 aromatic rings. The quantitative estimate of drug-likeness (QED) is 0.855. The molecule has 5 heteroatoms. The van der Waals surface area contributed by atoms with Gasteiger partial charge in [0, 0.05) is 10.0 Å². The van der Waals surface area contributed by atoms with Crippen molar-refractivity contribution in [3.05, 3.63) is 33.8 Å². The lowest BCUT2D eigenvalue weighted by molar-refractivity contribution is 0.128. The van der Waals surface area contributed by atoms with E-state index in [0.29, 0.717) is 27.9 Å². The van der Waals surface area contributed by atoms with Gasteiger partial charge < -0.3 is 10.8 Å². The molecule has 0 aromatic heterocycles. The molecular formula is C13H20Cl3NO. The van der Waals surface area contributed by atoms with Crippen LogP contribution in [0.3, 0.4) is 0 Å². The molecule has 1 aromatic carbocycles. The van der Waals surface area contributed by atoms with Crippen molar-refractivity contribution in [2.24, 2.45) is 11.7 Å². The number of benzene rings is 1. The Morgan fingerprint density at radius 1 is 1.22 bits per heavy atom. The molecule has 0 amide bonds. The lowest BCUT2D eigenvalue weighted by Crippen LogP contribution is -2.26. The summed E-state index contributed by atoms with van der Waals surface area (Å²) in [5, 5.41) is 11.1. The van der Waals surface area contributed by atoms with Crippen LogP contribution in [0.5, 0.6) is 0 Å². The van der Waals surface area contributed by atoms with Crippen molar-refractivity contribution in [2.75, 3.05) is 0 Å². The Kier molecular flexibility index (Phi) is 8.24. The average Bonchev–Trinajstić information content (AvgIpc) is 2.28. The topological polar surface area (TPSA) is 46.2 Å². The van der Waals surface area contributed by atoms with Gasteiger partial charge in [0.15, 0.2) is 0 Å². The summed E-state index contributed by atoms with van der Waals surface area (Å²) < 4.78 is 0. The molecule has 0 saturated carbocycles. The molecule has 0 spiro atoms. The van der Waals surface area contributed by atoms with Crippen molar-refractivity contribution < 1.29 is 5.11 Å². The molecule has 0 heterocycles. The van der Waals surface area contributed by atoms with Gasteiger partial charge >= 0.3 is 0 Å². The summed E-state index contributed by atoms with van der Waals surface area (Å²) in [6.07, 6.45) is 1.02. The first-order valence-corrected chi connectivity index (χ1v) is 6.56. The van der Waals surface area contributed by atoms with E-state index in [1.165, 1.54) is 0 Å². The van der Waals surface area contributed by atoms with Crippen molar-refractivity contribution in [3.8, 4) is 0 Å². The van der Waals surface area contributed by atoms with Crippen LogP contribution in [0.25, 0.3) is 0 Å². The van der Waals surface area contributed by atoms with E-state index in [9.17, 15) is 5.11 Å². The number of nitrogens with two attached hydrogens (primary N) is 1. The fourth-order valence-electron chi connectivity index (χ4n) is 1.66. The molecule has 0 aliphatic heterocycles. The zero-order valence-corrected chi connectivity index (χ0v) is 12.9. The van der Waals surface area contributed by atoms with Crippen molar-refractivity contribution >= 4 is 35.6 Å². The molecule has 0 saturated heterocycles. The predicted molar refractivity (Wildman–Crippen MR) is 80.7 cm³/mol. The normalized spacial score (nSPS) is 14.2. The van der Waals surface area contributed by atoms with E-state index < -0.39 is 12.1 Å². The van der Waals surface area contributed by atoms with Gasteiger partial charge in [-0.25, -0.2) is 0 Å². The highest BCUT2D eigenvalue weighted by molar-refractivity contribution is 6.33.